The van der Waals surface area contributed by atoms with Crippen molar-refractivity contribution >= 4 is 21.7 Å². The molecule has 158 valence electrons. The molecule has 5 heteroatoms. The first-order valence-electron chi connectivity index (χ1n) is 9.88. The largest absolute Gasteiger partial charge is 0.377 e. The van der Waals surface area contributed by atoms with E-state index < -0.39 is 16.8 Å². The predicted octanol–water partition coefficient (Wildman–Crippen LogP) is 4.84. The van der Waals surface area contributed by atoms with E-state index in [9.17, 15) is 9.90 Å². The van der Waals surface area contributed by atoms with Gasteiger partial charge in [-0.05, 0) is 77.4 Å². The molecular weight excluding hydrogens is 456 g/mol. The molecule has 0 atom stereocenters. The van der Waals surface area contributed by atoms with Crippen LogP contribution in [0, 0.1) is 0 Å². The Kier molecular flexibility index (Phi) is 5.71. The van der Waals surface area contributed by atoms with Gasteiger partial charge < -0.3 is 14.6 Å². The molecule has 0 aliphatic heterocycles. The number of allylic oxidation sites excluding steroid dienone is 2. The summed E-state index contributed by atoms with van der Waals surface area (Å²) in [5.41, 5.74) is -0.132. The molecule has 4 nitrogen and oxygen atoms in total. The minimum Gasteiger partial charge on any atom is -0.377 e. The highest BCUT2D eigenvalue weighted by Crippen LogP contribution is 2.40. The van der Waals surface area contributed by atoms with Crippen LogP contribution in [-0.4, -0.2) is 25.1 Å². The summed E-state index contributed by atoms with van der Waals surface area (Å²) in [7, 11) is 3.34. The number of halogens is 1. The topological polar surface area (TPSA) is 55.8 Å². The van der Waals surface area contributed by atoms with Crippen LogP contribution in [-0.2, 0) is 31.1 Å². The lowest BCUT2D eigenvalue weighted by Gasteiger charge is -2.36. The van der Waals surface area contributed by atoms with Crippen LogP contribution in [0.25, 0.3) is 0 Å². The summed E-state index contributed by atoms with van der Waals surface area (Å²) in [5.74, 6) is -0.135. The van der Waals surface area contributed by atoms with Gasteiger partial charge in [0, 0.05) is 18.7 Å². The molecule has 2 aromatic carbocycles. The van der Waals surface area contributed by atoms with E-state index in [0.29, 0.717) is 5.56 Å². The van der Waals surface area contributed by atoms with Crippen molar-refractivity contribution in [2.75, 3.05) is 14.2 Å². The third-order valence-electron chi connectivity index (χ3n) is 5.93. The van der Waals surface area contributed by atoms with Crippen LogP contribution in [0.1, 0.15) is 16.7 Å². The van der Waals surface area contributed by atoms with E-state index in [4.69, 9.17) is 9.47 Å². The molecule has 0 amide bonds. The number of carbonyl (C=O) groups is 1. The monoisotopic (exact) mass is 478 g/mol. The molecule has 0 unspecified atom stereocenters. The zero-order valence-corrected chi connectivity index (χ0v) is 18.9. The first-order chi connectivity index (χ1) is 14.8. The Labute approximate surface area is 190 Å². The van der Waals surface area contributed by atoms with E-state index in [-0.39, 0.29) is 5.78 Å². The lowest BCUT2D eigenvalue weighted by molar-refractivity contribution is -0.110. The van der Waals surface area contributed by atoms with Crippen molar-refractivity contribution in [3.8, 4) is 0 Å². The van der Waals surface area contributed by atoms with Gasteiger partial charge in [0.05, 0.1) is 0 Å². The minimum atomic E-state index is -1.29. The van der Waals surface area contributed by atoms with Crippen LogP contribution in [0.3, 0.4) is 0 Å². The lowest BCUT2D eigenvalue weighted by atomic mass is 9.80. The molecule has 2 aromatic rings. The molecule has 0 heterocycles. The summed E-state index contributed by atoms with van der Waals surface area (Å²) in [6.07, 6.45) is 13.7. The smallest absolute Gasteiger partial charge is 0.178 e. The molecule has 31 heavy (non-hydrogen) atoms. The summed E-state index contributed by atoms with van der Waals surface area (Å²) in [4.78, 5) is 11.4. The van der Waals surface area contributed by atoms with Gasteiger partial charge in [0.25, 0.3) is 0 Å². The summed E-state index contributed by atoms with van der Waals surface area (Å²) in [5, 5.41) is 10.8. The first kappa shape index (κ1) is 21.7. The van der Waals surface area contributed by atoms with Crippen LogP contribution < -0.4 is 0 Å². The summed E-state index contributed by atoms with van der Waals surface area (Å²) in [6, 6.07) is 15.5. The average molecular weight is 479 g/mol. The van der Waals surface area contributed by atoms with E-state index in [1.807, 2.05) is 72.8 Å². The summed E-state index contributed by atoms with van der Waals surface area (Å²) in [6.45, 7) is 0. The number of hydrogen-bond donors (Lipinski definition) is 1. The van der Waals surface area contributed by atoms with Gasteiger partial charge in [-0.3, -0.25) is 4.79 Å². The highest BCUT2D eigenvalue weighted by atomic mass is 79.9. The van der Waals surface area contributed by atoms with Gasteiger partial charge in [0.2, 0.25) is 0 Å². The maximum Gasteiger partial charge on any atom is 0.178 e. The number of methoxy groups -OCH3 is 2. The highest BCUT2D eigenvalue weighted by Gasteiger charge is 2.37. The zero-order chi connectivity index (χ0) is 22.1. The number of ether oxygens (including phenoxy) is 2. The third-order valence-corrected chi connectivity index (χ3v) is 6.46. The molecular formula is C26H23BrO4. The third kappa shape index (κ3) is 3.90. The predicted molar refractivity (Wildman–Crippen MR) is 123 cm³/mol. The van der Waals surface area contributed by atoms with E-state index in [1.54, 1.807) is 14.2 Å². The molecule has 4 rings (SSSR count). The lowest BCUT2D eigenvalue weighted by Crippen LogP contribution is -2.33. The first-order valence-corrected chi connectivity index (χ1v) is 10.7. The van der Waals surface area contributed by atoms with Gasteiger partial charge in [-0.1, -0.05) is 52.3 Å². The van der Waals surface area contributed by atoms with Crippen molar-refractivity contribution in [3.63, 3.8) is 0 Å². The van der Waals surface area contributed by atoms with Gasteiger partial charge >= 0.3 is 0 Å². The van der Waals surface area contributed by atoms with Crippen LogP contribution in [0.2, 0.25) is 0 Å². The van der Waals surface area contributed by atoms with Crippen LogP contribution >= 0.6 is 15.9 Å². The SMILES string of the molecule is COC1(c2ccc(Br)cc2)C=CC(OC)(c2ccc(C3(O)C=CC(=O)C=C3)cc2)C=C1. The molecule has 0 fully saturated rings. The fourth-order valence-electron chi connectivity index (χ4n) is 3.93. The minimum absolute atomic E-state index is 0.135. The Morgan fingerprint density at radius 2 is 1.06 bits per heavy atom. The van der Waals surface area contributed by atoms with Crippen molar-refractivity contribution in [3.05, 3.63) is 118 Å². The van der Waals surface area contributed by atoms with Crippen molar-refractivity contribution in [2.24, 2.45) is 0 Å². The molecule has 0 spiro atoms. The second-order valence-corrected chi connectivity index (χ2v) is 8.56. The van der Waals surface area contributed by atoms with E-state index in [0.717, 1.165) is 15.6 Å². The van der Waals surface area contributed by atoms with Gasteiger partial charge in [0.15, 0.2) is 5.78 Å². The van der Waals surface area contributed by atoms with E-state index >= 15 is 0 Å². The van der Waals surface area contributed by atoms with E-state index in [2.05, 4.69) is 15.9 Å². The Morgan fingerprint density at radius 1 is 0.677 bits per heavy atom. The normalized spacial score (nSPS) is 26.4. The van der Waals surface area contributed by atoms with Crippen molar-refractivity contribution in [1.82, 2.24) is 0 Å². The fourth-order valence-corrected chi connectivity index (χ4v) is 4.19. The van der Waals surface area contributed by atoms with Crippen molar-refractivity contribution in [2.45, 2.75) is 16.8 Å². The standard InChI is InChI=1S/C26H23BrO4/c1-30-25(15-17-26(31-2,18-16-25)21-7-9-22(27)10-8-21)20-5-3-19(4-6-20)24(29)13-11-23(28)12-14-24/h3-18,29H,1-2H3. The van der Waals surface area contributed by atoms with E-state index in [1.165, 1.54) is 24.3 Å². The molecule has 1 N–H and O–H groups in total. The summed E-state index contributed by atoms with van der Waals surface area (Å²) < 4.78 is 12.8. The molecule has 0 saturated heterocycles. The Balaban J connectivity index is 1.65. The maximum absolute atomic E-state index is 11.4. The molecule has 0 radical (unpaired) electrons. The quantitative estimate of drug-likeness (QED) is 0.624. The molecule has 2 aliphatic carbocycles. The number of carbonyl (C=O) groups excluding carboxylic acids is 1. The van der Waals surface area contributed by atoms with Gasteiger partial charge in [-0.2, -0.15) is 0 Å². The number of hydrogen-bond acceptors (Lipinski definition) is 4. The van der Waals surface area contributed by atoms with Crippen LogP contribution in [0.4, 0.5) is 0 Å². The fraction of sp³-hybridized carbons (Fsp3) is 0.192. The van der Waals surface area contributed by atoms with Crippen LogP contribution in [0.5, 0.6) is 0 Å². The number of aliphatic hydroxyl groups is 1. The highest BCUT2D eigenvalue weighted by molar-refractivity contribution is 9.10. The van der Waals surface area contributed by atoms with Gasteiger partial charge in [-0.15, -0.1) is 0 Å². The Hall–Kier alpha value is -2.57. The Morgan fingerprint density at radius 3 is 1.48 bits per heavy atom. The van der Waals surface area contributed by atoms with Gasteiger partial charge in [-0.25, -0.2) is 0 Å². The number of rotatable bonds is 5. The molecule has 0 bridgehead atoms. The number of ketones is 1. The summed E-state index contributed by atoms with van der Waals surface area (Å²) >= 11 is 3.47. The zero-order valence-electron chi connectivity index (χ0n) is 17.3. The molecule has 0 saturated carbocycles. The number of benzene rings is 2. The molecule has 2 aliphatic rings. The average Bonchev–Trinajstić information content (AvgIpc) is 2.82. The second-order valence-electron chi connectivity index (χ2n) is 7.64. The van der Waals surface area contributed by atoms with Gasteiger partial charge in [0.1, 0.15) is 16.8 Å². The van der Waals surface area contributed by atoms with Crippen molar-refractivity contribution < 1.29 is 19.4 Å². The van der Waals surface area contributed by atoms with Crippen LogP contribution in [0.15, 0.2) is 102 Å². The molecule has 0 aromatic heterocycles. The maximum atomic E-state index is 11.4. The van der Waals surface area contributed by atoms with Crippen molar-refractivity contribution in [1.29, 1.82) is 0 Å². The second kappa shape index (κ2) is 8.17. The Bertz CT molecular complexity index is 1060.